The SMILES string of the molecule is O=C(NCc1ccnc(N2CCCC2)c1)N1CCc2cc(Cl)ccc2C1. The van der Waals surface area contributed by atoms with Crippen molar-refractivity contribution >= 4 is 23.4 Å². The number of rotatable bonds is 3. The maximum absolute atomic E-state index is 12.6. The van der Waals surface area contributed by atoms with Crippen molar-refractivity contribution in [1.29, 1.82) is 0 Å². The maximum Gasteiger partial charge on any atom is 0.317 e. The van der Waals surface area contributed by atoms with Gasteiger partial charge in [-0.25, -0.2) is 9.78 Å². The highest BCUT2D eigenvalue weighted by molar-refractivity contribution is 6.30. The van der Waals surface area contributed by atoms with E-state index in [-0.39, 0.29) is 6.03 Å². The number of amides is 2. The van der Waals surface area contributed by atoms with Crippen LogP contribution in [0.25, 0.3) is 0 Å². The molecule has 0 atom stereocenters. The quantitative estimate of drug-likeness (QED) is 0.898. The van der Waals surface area contributed by atoms with Crippen molar-refractivity contribution < 1.29 is 4.79 Å². The van der Waals surface area contributed by atoms with Gasteiger partial charge in [-0.05, 0) is 60.2 Å². The minimum Gasteiger partial charge on any atom is -0.357 e. The van der Waals surface area contributed by atoms with Crippen LogP contribution < -0.4 is 10.2 Å². The van der Waals surface area contributed by atoms with Gasteiger partial charge in [0.05, 0.1) is 0 Å². The first-order chi connectivity index (χ1) is 12.7. The summed E-state index contributed by atoms with van der Waals surface area (Å²) in [5.74, 6) is 1.01. The van der Waals surface area contributed by atoms with E-state index in [1.807, 2.05) is 35.4 Å². The van der Waals surface area contributed by atoms with Gasteiger partial charge in [0.25, 0.3) is 0 Å². The molecule has 5 nitrogen and oxygen atoms in total. The molecule has 2 aliphatic rings. The number of pyridine rings is 1. The summed E-state index contributed by atoms with van der Waals surface area (Å²) in [5, 5.41) is 3.80. The molecule has 0 radical (unpaired) electrons. The number of nitrogens with one attached hydrogen (secondary N) is 1. The predicted octanol–water partition coefficient (Wildman–Crippen LogP) is 3.60. The standard InChI is InChI=1S/C20H23ClN4O/c21-18-4-3-17-14-25(10-6-16(17)12-18)20(26)23-13-15-5-7-22-19(11-15)24-8-1-2-9-24/h3-5,7,11-12H,1-2,6,8-10,13-14H2,(H,23,26). The fourth-order valence-corrected chi connectivity index (χ4v) is 3.87. The molecule has 1 aromatic carbocycles. The van der Waals surface area contributed by atoms with Crippen LogP contribution in [-0.4, -0.2) is 35.5 Å². The van der Waals surface area contributed by atoms with E-state index in [0.717, 1.165) is 35.9 Å². The number of benzene rings is 1. The van der Waals surface area contributed by atoms with Crippen LogP contribution in [0.4, 0.5) is 10.6 Å². The number of aromatic nitrogens is 1. The molecular weight excluding hydrogens is 348 g/mol. The Morgan fingerprint density at radius 3 is 2.81 bits per heavy atom. The summed E-state index contributed by atoms with van der Waals surface area (Å²) in [5.41, 5.74) is 3.50. The molecule has 1 aromatic heterocycles. The van der Waals surface area contributed by atoms with Gasteiger partial charge in [-0.15, -0.1) is 0 Å². The molecule has 1 fully saturated rings. The first-order valence-corrected chi connectivity index (χ1v) is 9.57. The Bertz CT molecular complexity index is 804. The second-order valence-electron chi connectivity index (χ2n) is 6.96. The average Bonchev–Trinajstić information content (AvgIpc) is 3.21. The van der Waals surface area contributed by atoms with Crippen LogP contribution >= 0.6 is 11.6 Å². The summed E-state index contributed by atoms with van der Waals surface area (Å²) >= 11 is 6.05. The monoisotopic (exact) mass is 370 g/mol. The average molecular weight is 371 g/mol. The zero-order valence-corrected chi connectivity index (χ0v) is 15.5. The van der Waals surface area contributed by atoms with E-state index in [1.54, 1.807) is 0 Å². The van der Waals surface area contributed by atoms with Crippen LogP contribution in [0.5, 0.6) is 0 Å². The van der Waals surface area contributed by atoms with E-state index in [1.165, 1.54) is 24.0 Å². The zero-order valence-electron chi connectivity index (χ0n) is 14.7. The molecule has 0 spiro atoms. The number of carbonyl (C=O) groups is 1. The van der Waals surface area contributed by atoms with Gasteiger partial charge in [0.2, 0.25) is 0 Å². The molecule has 1 saturated heterocycles. The van der Waals surface area contributed by atoms with Crippen molar-refractivity contribution in [2.24, 2.45) is 0 Å². The Morgan fingerprint density at radius 1 is 1.12 bits per heavy atom. The van der Waals surface area contributed by atoms with Gasteiger partial charge < -0.3 is 15.1 Å². The van der Waals surface area contributed by atoms with E-state index in [9.17, 15) is 4.79 Å². The highest BCUT2D eigenvalue weighted by Crippen LogP contribution is 2.23. The zero-order chi connectivity index (χ0) is 17.9. The summed E-state index contributed by atoms with van der Waals surface area (Å²) in [7, 11) is 0. The number of hydrogen-bond donors (Lipinski definition) is 1. The molecule has 1 N–H and O–H groups in total. The van der Waals surface area contributed by atoms with Crippen molar-refractivity contribution in [3.8, 4) is 0 Å². The lowest BCUT2D eigenvalue weighted by atomic mass is 10.0. The summed E-state index contributed by atoms with van der Waals surface area (Å²) in [4.78, 5) is 21.2. The van der Waals surface area contributed by atoms with Crippen LogP contribution in [-0.2, 0) is 19.5 Å². The summed E-state index contributed by atoms with van der Waals surface area (Å²) < 4.78 is 0. The lowest BCUT2D eigenvalue weighted by Gasteiger charge is -2.29. The number of anilines is 1. The molecule has 0 saturated carbocycles. The number of urea groups is 1. The Hall–Kier alpha value is -2.27. The molecule has 2 amide bonds. The fraction of sp³-hybridized carbons (Fsp3) is 0.400. The van der Waals surface area contributed by atoms with Crippen molar-refractivity contribution in [2.75, 3.05) is 24.5 Å². The lowest BCUT2D eigenvalue weighted by Crippen LogP contribution is -2.42. The van der Waals surface area contributed by atoms with Crippen LogP contribution in [0.2, 0.25) is 5.02 Å². The van der Waals surface area contributed by atoms with Crippen molar-refractivity contribution in [3.63, 3.8) is 0 Å². The van der Waals surface area contributed by atoms with Crippen LogP contribution in [0.1, 0.15) is 29.5 Å². The minimum absolute atomic E-state index is 0.0230. The van der Waals surface area contributed by atoms with E-state index < -0.39 is 0 Å². The maximum atomic E-state index is 12.6. The molecular formula is C20H23ClN4O. The molecule has 136 valence electrons. The lowest BCUT2D eigenvalue weighted by molar-refractivity contribution is 0.192. The Balaban J connectivity index is 1.35. The van der Waals surface area contributed by atoms with Crippen LogP contribution in [0.3, 0.4) is 0 Å². The van der Waals surface area contributed by atoms with Crippen molar-refractivity contribution in [3.05, 3.63) is 58.2 Å². The van der Waals surface area contributed by atoms with E-state index >= 15 is 0 Å². The number of hydrogen-bond acceptors (Lipinski definition) is 3. The van der Waals surface area contributed by atoms with Gasteiger partial charge in [-0.1, -0.05) is 17.7 Å². The summed E-state index contributed by atoms with van der Waals surface area (Å²) in [6, 6.07) is 9.93. The van der Waals surface area contributed by atoms with Crippen molar-refractivity contribution in [1.82, 2.24) is 15.2 Å². The van der Waals surface area contributed by atoms with Crippen molar-refractivity contribution in [2.45, 2.75) is 32.4 Å². The largest absolute Gasteiger partial charge is 0.357 e. The second-order valence-corrected chi connectivity index (χ2v) is 7.40. The third-order valence-corrected chi connectivity index (χ3v) is 5.39. The molecule has 0 bridgehead atoms. The Kier molecular flexibility index (Phi) is 4.98. The Morgan fingerprint density at radius 2 is 1.96 bits per heavy atom. The normalized spacial score (nSPS) is 16.5. The van der Waals surface area contributed by atoms with Crippen LogP contribution in [0.15, 0.2) is 36.5 Å². The number of nitrogens with zero attached hydrogens (tertiary/aromatic N) is 3. The molecule has 2 aromatic rings. The smallest absolute Gasteiger partial charge is 0.317 e. The molecule has 26 heavy (non-hydrogen) atoms. The number of carbonyl (C=O) groups excluding carboxylic acids is 1. The molecule has 0 unspecified atom stereocenters. The first kappa shape index (κ1) is 17.2. The molecule has 3 heterocycles. The van der Waals surface area contributed by atoms with Gasteiger partial charge in [0.15, 0.2) is 0 Å². The van der Waals surface area contributed by atoms with Gasteiger partial charge in [0.1, 0.15) is 5.82 Å². The molecule has 0 aliphatic carbocycles. The highest BCUT2D eigenvalue weighted by atomic mass is 35.5. The van der Waals surface area contributed by atoms with Crippen LogP contribution in [0, 0.1) is 0 Å². The van der Waals surface area contributed by atoms with Gasteiger partial charge in [-0.2, -0.15) is 0 Å². The second kappa shape index (κ2) is 7.54. The fourth-order valence-electron chi connectivity index (χ4n) is 3.67. The third kappa shape index (κ3) is 3.78. The topological polar surface area (TPSA) is 48.5 Å². The first-order valence-electron chi connectivity index (χ1n) is 9.19. The Labute approximate surface area is 159 Å². The predicted molar refractivity (Wildman–Crippen MR) is 103 cm³/mol. The van der Waals surface area contributed by atoms with E-state index in [0.29, 0.717) is 19.6 Å². The van der Waals surface area contributed by atoms with Gasteiger partial charge in [-0.3, -0.25) is 0 Å². The molecule has 6 heteroatoms. The number of fused-ring (bicyclic) bond motifs is 1. The number of halogens is 1. The molecule has 4 rings (SSSR count). The summed E-state index contributed by atoms with van der Waals surface area (Å²) in [6.07, 6.45) is 5.13. The highest BCUT2D eigenvalue weighted by Gasteiger charge is 2.21. The van der Waals surface area contributed by atoms with Gasteiger partial charge >= 0.3 is 6.03 Å². The third-order valence-electron chi connectivity index (χ3n) is 5.15. The summed E-state index contributed by atoms with van der Waals surface area (Å²) in [6.45, 7) is 4.01. The molecule has 2 aliphatic heterocycles. The van der Waals surface area contributed by atoms with E-state index in [2.05, 4.69) is 21.3 Å². The van der Waals surface area contributed by atoms with E-state index in [4.69, 9.17) is 11.6 Å². The van der Waals surface area contributed by atoms with Gasteiger partial charge in [0, 0.05) is 43.9 Å². The minimum atomic E-state index is -0.0230.